The van der Waals surface area contributed by atoms with Gasteiger partial charge in [0.15, 0.2) is 0 Å². The number of rotatable bonds is 5. The zero-order chi connectivity index (χ0) is 15.8. The van der Waals surface area contributed by atoms with Crippen LogP contribution >= 0.6 is 0 Å². The number of ether oxygens (including phenoxy) is 2. The highest BCUT2D eigenvalue weighted by Crippen LogP contribution is 2.28. The van der Waals surface area contributed by atoms with E-state index in [9.17, 15) is 4.79 Å². The molecule has 0 bridgehead atoms. The molecule has 1 aromatic rings. The van der Waals surface area contributed by atoms with Gasteiger partial charge in [-0.2, -0.15) is 0 Å². The number of carbonyl (C=O) groups is 1. The number of amides is 1. The summed E-state index contributed by atoms with van der Waals surface area (Å²) in [6.07, 6.45) is 6.20. The molecule has 1 aliphatic heterocycles. The molecule has 2 rings (SSSR count). The molecule has 1 heterocycles. The van der Waals surface area contributed by atoms with Crippen molar-refractivity contribution in [3.8, 4) is 11.5 Å². The van der Waals surface area contributed by atoms with E-state index in [2.05, 4.69) is 10.2 Å². The van der Waals surface area contributed by atoms with Crippen LogP contribution in [0.15, 0.2) is 18.2 Å². The van der Waals surface area contributed by atoms with E-state index in [4.69, 9.17) is 9.47 Å². The van der Waals surface area contributed by atoms with E-state index < -0.39 is 0 Å². The first kappa shape index (κ1) is 16.6. The van der Waals surface area contributed by atoms with Crippen LogP contribution in [0.5, 0.6) is 11.5 Å². The van der Waals surface area contributed by atoms with E-state index in [-0.39, 0.29) is 5.91 Å². The van der Waals surface area contributed by atoms with Gasteiger partial charge in [-0.1, -0.05) is 19.3 Å². The molecule has 1 aliphatic rings. The van der Waals surface area contributed by atoms with Gasteiger partial charge in [0.25, 0.3) is 0 Å². The minimum atomic E-state index is -0.00729. The first-order valence-corrected chi connectivity index (χ1v) is 7.97. The van der Waals surface area contributed by atoms with E-state index in [0.717, 1.165) is 13.1 Å². The Morgan fingerprint density at radius 2 is 1.77 bits per heavy atom. The SMILES string of the molecule is COc1ccc(OC)c(NC(=O)CN2CCCCCCC2)c1. The molecule has 0 aromatic heterocycles. The molecule has 1 fully saturated rings. The number of nitrogens with one attached hydrogen (secondary N) is 1. The molecule has 0 saturated carbocycles. The normalized spacial score (nSPS) is 16.5. The van der Waals surface area contributed by atoms with Crippen molar-refractivity contribution in [3.63, 3.8) is 0 Å². The van der Waals surface area contributed by atoms with E-state index in [1.165, 1.54) is 32.1 Å². The van der Waals surface area contributed by atoms with Crippen LogP contribution in [0.1, 0.15) is 32.1 Å². The summed E-state index contributed by atoms with van der Waals surface area (Å²) in [7, 11) is 3.20. The monoisotopic (exact) mass is 306 g/mol. The van der Waals surface area contributed by atoms with Crippen molar-refractivity contribution in [1.82, 2.24) is 4.90 Å². The van der Waals surface area contributed by atoms with Crippen LogP contribution in [-0.2, 0) is 4.79 Å². The van der Waals surface area contributed by atoms with Crippen molar-refractivity contribution in [1.29, 1.82) is 0 Å². The third-order valence-electron chi connectivity index (χ3n) is 4.00. The maximum Gasteiger partial charge on any atom is 0.238 e. The summed E-state index contributed by atoms with van der Waals surface area (Å²) >= 11 is 0. The van der Waals surface area contributed by atoms with Gasteiger partial charge in [-0.25, -0.2) is 0 Å². The molecule has 122 valence electrons. The number of nitrogens with zero attached hydrogens (tertiary/aromatic N) is 1. The Morgan fingerprint density at radius 3 is 2.41 bits per heavy atom. The summed E-state index contributed by atoms with van der Waals surface area (Å²) in [5.41, 5.74) is 0.652. The summed E-state index contributed by atoms with van der Waals surface area (Å²) < 4.78 is 10.5. The van der Waals surface area contributed by atoms with Crippen molar-refractivity contribution in [2.24, 2.45) is 0 Å². The predicted molar refractivity (Wildman–Crippen MR) is 87.7 cm³/mol. The van der Waals surface area contributed by atoms with Crippen LogP contribution < -0.4 is 14.8 Å². The number of methoxy groups -OCH3 is 2. The van der Waals surface area contributed by atoms with Gasteiger partial charge in [0, 0.05) is 6.07 Å². The summed E-state index contributed by atoms with van der Waals surface area (Å²) in [5.74, 6) is 1.33. The fraction of sp³-hybridized carbons (Fsp3) is 0.588. The first-order valence-electron chi connectivity index (χ1n) is 7.97. The van der Waals surface area contributed by atoms with Crippen molar-refractivity contribution >= 4 is 11.6 Å². The highest BCUT2D eigenvalue weighted by Gasteiger charge is 2.14. The van der Waals surface area contributed by atoms with Crippen LogP contribution in [0.3, 0.4) is 0 Å². The summed E-state index contributed by atoms with van der Waals surface area (Å²) in [5, 5.41) is 2.93. The lowest BCUT2D eigenvalue weighted by molar-refractivity contribution is -0.117. The Kier molecular flexibility index (Phi) is 6.52. The average Bonchev–Trinajstić information content (AvgIpc) is 2.49. The Labute approximate surface area is 132 Å². The molecule has 0 aliphatic carbocycles. The van der Waals surface area contributed by atoms with Gasteiger partial charge < -0.3 is 14.8 Å². The van der Waals surface area contributed by atoms with Gasteiger partial charge >= 0.3 is 0 Å². The minimum absolute atomic E-state index is 0.00729. The van der Waals surface area contributed by atoms with Crippen LogP contribution in [0.25, 0.3) is 0 Å². The lowest BCUT2D eigenvalue weighted by atomic mass is 10.1. The number of carbonyl (C=O) groups excluding carboxylic acids is 1. The van der Waals surface area contributed by atoms with Crippen molar-refractivity contribution in [2.45, 2.75) is 32.1 Å². The zero-order valence-electron chi connectivity index (χ0n) is 13.6. The molecule has 1 amide bonds. The lowest BCUT2D eigenvalue weighted by Gasteiger charge is -2.24. The molecule has 1 N–H and O–H groups in total. The third kappa shape index (κ3) is 4.91. The molecule has 5 nitrogen and oxygen atoms in total. The topological polar surface area (TPSA) is 50.8 Å². The fourth-order valence-corrected chi connectivity index (χ4v) is 2.78. The highest BCUT2D eigenvalue weighted by atomic mass is 16.5. The molecule has 22 heavy (non-hydrogen) atoms. The van der Waals surface area contributed by atoms with Gasteiger partial charge in [-0.3, -0.25) is 9.69 Å². The van der Waals surface area contributed by atoms with Crippen molar-refractivity contribution in [3.05, 3.63) is 18.2 Å². The van der Waals surface area contributed by atoms with Crippen molar-refractivity contribution in [2.75, 3.05) is 39.2 Å². The number of anilines is 1. The van der Waals surface area contributed by atoms with E-state index in [0.29, 0.717) is 23.7 Å². The lowest BCUT2D eigenvalue weighted by Crippen LogP contribution is -2.35. The maximum atomic E-state index is 12.3. The molecular formula is C17H26N2O3. The van der Waals surface area contributed by atoms with E-state index in [1.807, 2.05) is 6.07 Å². The largest absolute Gasteiger partial charge is 0.497 e. The molecule has 0 atom stereocenters. The number of hydrogen-bond donors (Lipinski definition) is 1. The summed E-state index contributed by atoms with van der Waals surface area (Å²) in [6, 6.07) is 5.39. The first-order chi connectivity index (χ1) is 10.7. The second kappa shape index (κ2) is 8.63. The summed E-state index contributed by atoms with van der Waals surface area (Å²) in [6.45, 7) is 2.44. The summed E-state index contributed by atoms with van der Waals surface area (Å²) in [4.78, 5) is 14.5. The van der Waals surface area contributed by atoms with Gasteiger partial charge in [0.2, 0.25) is 5.91 Å². The minimum Gasteiger partial charge on any atom is -0.497 e. The van der Waals surface area contributed by atoms with Crippen LogP contribution in [-0.4, -0.2) is 44.7 Å². The highest BCUT2D eigenvalue weighted by molar-refractivity contribution is 5.94. The van der Waals surface area contributed by atoms with Gasteiger partial charge in [-0.15, -0.1) is 0 Å². The smallest absolute Gasteiger partial charge is 0.238 e. The Morgan fingerprint density at radius 1 is 1.09 bits per heavy atom. The molecule has 1 saturated heterocycles. The number of likely N-dealkylation sites (tertiary alicyclic amines) is 1. The second-order valence-electron chi connectivity index (χ2n) is 5.66. The van der Waals surface area contributed by atoms with Crippen LogP contribution in [0, 0.1) is 0 Å². The van der Waals surface area contributed by atoms with Gasteiger partial charge in [0.05, 0.1) is 26.5 Å². The molecule has 1 aromatic carbocycles. The van der Waals surface area contributed by atoms with Crippen molar-refractivity contribution < 1.29 is 14.3 Å². The molecule has 0 spiro atoms. The Hall–Kier alpha value is -1.75. The van der Waals surface area contributed by atoms with E-state index >= 15 is 0 Å². The predicted octanol–water partition coefficient (Wildman–Crippen LogP) is 2.91. The number of hydrogen-bond acceptors (Lipinski definition) is 4. The van der Waals surface area contributed by atoms with Crippen LogP contribution in [0.4, 0.5) is 5.69 Å². The molecular weight excluding hydrogens is 280 g/mol. The molecule has 0 unspecified atom stereocenters. The van der Waals surface area contributed by atoms with Crippen LogP contribution in [0.2, 0.25) is 0 Å². The van der Waals surface area contributed by atoms with Gasteiger partial charge in [0.1, 0.15) is 11.5 Å². The zero-order valence-corrected chi connectivity index (χ0v) is 13.6. The fourth-order valence-electron chi connectivity index (χ4n) is 2.78. The Balaban J connectivity index is 1.95. The Bertz CT molecular complexity index is 483. The molecule has 5 heteroatoms. The quantitative estimate of drug-likeness (QED) is 0.909. The third-order valence-corrected chi connectivity index (χ3v) is 4.00. The maximum absolute atomic E-state index is 12.3. The number of benzene rings is 1. The molecule has 0 radical (unpaired) electrons. The average molecular weight is 306 g/mol. The van der Waals surface area contributed by atoms with Gasteiger partial charge in [-0.05, 0) is 38.1 Å². The standard InChI is InChI=1S/C17H26N2O3/c1-21-14-8-9-16(22-2)15(12-14)18-17(20)13-19-10-6-4-3-5-7-11-19/h8-9,12H,3-7,10-11,13H2,1-2H3,(H,18,20). The van der Waals surface area contributed by atoms with E-state index in [1.54, 1.807) is 26.4 Å². The second-order valence-corrected chi connectivity index (χ2v) is 5.66.